The lowest BCUT2D eigenvalue weighted by Gasteiger charge is -2.16. The van der Waals surface area contributed by atoms with Crippen LogP contribution >= 0.6 is 11.6 Å². The van der Waals surface area contributed by atoms with Crippen LogP contribution in [0.15, 0.2) is 30.5 Å². The molecule has 4 nitrogen and oxygen atoms in total. The second-order valence-electron chi connectivity index (χ2n) is 4.01. The predicted octanol–water partition coefficient (Wildman–Crippen LogP) is 1.93. The quantitative estimate of drug-likeness (QED) is 0.647. The molecule has 3 N–H and O–H groups in total. The highest BCUT2D eigenvalue weighted by atomic mass is 35.5. The van der Waals surface area contributed by atoms with Gasteiger partial charge in [-0.25, -0.2) is 5.43 Å². The Hall–Kier alpha value is -1.36. The molecule has 0 saturated heterocycles. The van der Waals surface area contributed by atoms with Gasteiger partial charge in [-0.05, 0) is 36.2 Å². The maximum Gasteiger partial charge on any atom is 0.0902 e. The SMILES string of the molecule is Cc1cc(Cl)ccc1C(NN)c1ccn(C)n1. The third kappa shape index (κ3) is 2.49. The molecule has 0 aliphatic rings. The monoisotopic (exact) mass is 250 g/mol. The third-order valence-corrected chi connectivity index (χ3v) is 2.97. The zero-order valence-corrected chi connectivity index (χ0v) is 10.6. The Bertz CT molecular complexity index is 521. The molecule has 5 heteroatoms. The third-order valence-electron chi connectivity index (χ3n) is 2.74. The number of rotatable bonds is 3. The van der Waals surface area contributed by atoms with Crippen molar-refractivity contribution in [3.63, 3.8) is 0 Å². The zero-order valence-electron chi connectivity index (χ0n) is 9.81. The van der Waals surface area contributed by atoms with Crippen molar-refractivity contribution in [3.05, 3.63) is 52.3 Å². The summed E-state index contributed by atoms with van der Waals surface area (Å²) in [4.78, 5) is 0. The summed E-state index contributed by atoms with van der Waals surface area (Å²) in [5.41, 5.74) is 5.85. The number of hydrazine groups is 1. The lowest BCUT2D eigenvalue weighted by atomic mass is 9.99. The van der Waals surface area contributed by atoms with Gasteiger partial charge in [0.25, 0.3) is 0 Å². The van der Waals surface area contributed by atoms with Gasteiger partial charge in [0.05, 0.1) is 11.7 Å². The molecule has 2 rings (SSSR count). The number of hydrogen-bond acceptors (Lipinski definition) is 3. The molecule has 17 heavy (non-hydrogen) atoms. The van der Waals surface area contributed by atoms with E-state index in [9.17, 15) is 0 Å². The molecular weight excluding hydrogens is 236 g/mol. The van der Waals surface area contributed by atoms with E-state index < -0.39 is 0 Å². The summed E-state index contributed by atoms with van der Waals surface area (Å²) < 4.78 is 1.75. The molecule has 1 atom stereocenters. The van der Waals surface area contributed by atoms with Crippen LogP contribution in [0.4, 0.5) is 0 Å². The summed E-state index contributed by atoms with van der Waals surface area (Å²) in [7, 11) is 1.88. The number of aryl methyl sites for hydroxylation is 2. The average molecular weight is 251 g/mol. The number of benzene rings is 1. The van der Waals surface area contributed by atoms with Crippen LogP contribution in [0.5, 0.6) is 0 Å². The molecule has 0 bridgehead atoms. The molecular formula is C12H15ClN4. The molecule has 1 heterocycles. The van der Waals surface area contributed by atoms with Crippen LogP contribution in [0.25, 0.3) is 0 Å². The highest BCUT2D eigenvalue weighted by Gasteiger charge is 2.16. The van der Waals surface area contributed by atoms with E-state index >= 15 is 0 Å². The van der Waals surface area contributed by atoms with E-state index in [1.165, 1.54) is 0 Å². The van der Waals surface area contributed by atoms with Gasteiger partial charge in [-0.3, -0.25) is 10.5 Å². The van der Waals surface area contributed by atoms with Crippen molar-refractivity contribution in [2.24, 2.45) is 12.9 Å². The summed E-state index contributed by atoms with van der Waals surface area (Å²) >= 11 is 5.94. The highest BCUT2D eigenvalue weighted by Crippen LogP contribution is 2.25. The van der Waals surface area contributed by atoms with E-state index in [0.29, 0.717) is 0 Å². The summed E-state index contributed by atoms with van der Waals surface area (Å²) in [5.74, 6) is 5.62. The van der Waals surface area contributed by atoms with E-state index in [1.54, 1.807) is 4.68 Å². The highest BCUT2D eigenvalue weighted by molar-refractivity contribution is 6.30. The van der Waals surface area contributed by atoms with Crippen LogP contribution in [0.1, 0.15) is 22.9 Å². The van der Waals surface area contributed by atoms with E-state index in [1.807, 2.05) is 44.4 Å². The van der Waals surface area contributed by atoms with Gasteiger partial charge < -0.3 is 0 Å². The molecule has 0 aliphatic carbocycles. The van der Waals surface area contributed by atoms with Crippen molar-refractivity contribution in [3.8, 4) is 0 Å². The molecule has 0 radical (unpaired) electrons. The minimum absolute atomic E-state index is 0.117. The fourth-order valence-corrected chi connectivity index (χ4v) is 2.11. The maximum absolute atomic E-state index is 5.94. The molecule has 90 valence electrons. The summed E-state index contributed by atoms with van der Waals surface area (Å²) in [6.07, 6.45) is 1.89. The molecule has 0 spiro atoms. The second kappa shape index (κ2) is 4.87. The van der Waals surface area contributed by atoms with Crippen molar-refractivity contribution in [1.82, 2.24) is 15.2 Å². The minimum atomic E-state index is -0.117. The standard InChI is InChI=1S/C12H15ClN4/c1-8-7-9(13)3-4-10(8)12(15-14)11-5-6-17(2)16-11/h3-7,12,15H,14H2,1-2H3. The van der Waals surface area contributed by atoms with E-state index in [0.717, 1.165) is 21.8 Å². The predicted molar refractivity (Wildman–Crippen MR) is 68.6 cm³/mol. The van der Waals surface area contributed by atoms with Gasteiger partial charge in [-0.15, -0.1) is 0 Å². The lowest BCUT2D eigenvalue weighted by Crippen LogP contribution is -2.29. The number of halogens is 1. The molecule has 0 amide bonds. The van der Waals surface area contributed by atoms with Gasteiger partial charge in [0.15, 0.2) is 0 Å². The van der Waals surface area contributed by atoms with Crippen LogP contribution in [0.2, 0.25) is 5.02 Å². The minimum Gasteiger partial charge on any atom is -0.275 e. The van der Waals surface area contributed by atoms with Crippen LogP contribution in [-0.4, -0.2) is 9.78 Å². The molecule has 0 saturated carbocycles. The van der Waals surface area contributed by atoms with Crippen molar-refractivity contribution >= 4 is 11.6 Å². The molecule has 1 aromatic carbocycles. The van der Waals surface area contributed by atoms with Gasteiger partial charge in [-0.2, -0.15) is 5.10 Å². The number of aromatic nitrogens is 2. The first-order valence-electron chi connectivity index (χ1n) is 5.33. The van der Waals surface area contributed by atoms with Crippen molar-refractivity contribution in [2.45, 2.75) is 13.0 Å². The van der Waals surface area contributed by atoms with Gasteiger partial charge in [-0.1, -0.05) is 17.7 Å². The van der Waals surface area contributed by atoms with Gasteiger partial charge in [0.2, 0.25) is 0 Å². The summed E-state index contributed by atoms with van der Waals surface area (Å²) in [6.45, 7) is 2.01. The number of nitrogens with two attached hydrogens (primary N) is 1. The Labute approximate surface area is 105 Å². The summed E-state index contributed by atoms with van der Waals surface area (Å²) in [6, 6.07) is 7.57. The Morgan fingerprint density at radius 1 is 1.41 bits per heavy atom. The first-order valence-corrected chi connectivity index (χ1v) is 5.71. The van der Waals surface area contributed by atoms with Crippen molar-refractivity contribution < 1.29 is 0 Å². The first kappa shape index (κ1) is 12.1. The van der Waals surface area contributed by atoms with Gasteiger partial charge in [0, 0.05) is 18.3 Å². The topological polar surface area (TPSA) is 55.9 Å². The molecule has 1 unspecified atom stereocenters. The lowest BCUT2D eigenvalue weighted by molar-refractivity contribution is 0.601. The molecule has 2 aromatic rings. The van der Waals surface area contributed by atoms with Crippen LogP contribution in [-0.2, 0) is 7.05 Å². The maximum atomic E-state index is 5.94. The fourth-order valence-electron chi connectivity index (χ4n) is 1.88. The normalized spacial score (nSPS) is 12.7. The second-order valence-corrected chi connectivity index (χ2v) is 4.45. The van der Waals surface area contributed by atoms with E-state index in [4.69, 9.17) is 17.4 Å². The molecule has 1 aromatic heterocycles. The van der Waals surface area contributed by atoms with Crippen molar-refractivity contribution in [1.29, 1.82) is 0 Å². The fraction of sp³-hybridized carbons (Fsp3) is 0.250. The van der Waals surface area contributed by atoms with Gasteiger partial charge in [0.1, 0.15) is 0 Å². The smallest absolute Gasteiger partial charge is 0.0902 e. The number of nitrogens with zero attached hydrogens (tertiary/aromatic N) is 2. The Kier molecular flexibility index (Phi) is 3.47. The Balaban J connectivity index is 2.42. The summed E-state index contributed by atoms with van der Waals surface area (Å²) in [5, 5.41) is 5.09. The molecule has 0 aliphatic heterocycles. The first-order chi connectivity index (χ1) is 8.11. The van der Waals surface area contributed by atoms with Crippen LogP contribution < -0.4 is 11.3 Å². The Morgan fingerprint density at radius 2 is 2.18 bits per heavy atom. The van der Waals surface area contributed by atoms with E-state index in [-0.39, 0.29) is 6.04 Å². The number of hydrogen-bond donors (Lipinski definition) is 2. The van der Waals surface area contributed by atoms with Crippen LogP contribution in [0.3, 0.4) is 0 Å². The van der Waals surface area contributed by atoms with Crippen LogP contribution in [0, 0.1) is 6.92 Å². The van der Waals surface area contributed by atoms with E-state index in [2.05, 4.69) is 10.5 Å². The molecule has 0 fully saturated rings. The largest absolute Gasteiger partial charge is 0.275 e. The Morgan fingerprint density at radius 3 is 2.71 bits per heavy atom. The number of nitrogens with one attached hydrogen (secondary N) is 1. The van der Waals surface area contributed by atoms with Gasteiger partial charge >= 0.3 is 0 Å². The average Bonchev–Trinajstić information content (AvgIpc) is 2.69. The van der Waals surface area contributed by atoms with Crippen molar-refractivity contribution in [2.75, 3.05) is 0 Å². The zero-order chi connectivity index (χ0) is 12.4.